The van der Waals surface area contributed by atoms with Gasteiger partial charge in [-0.25, -0.2) is 17.5 Å². The highest BCUT2D eigenvalue weighted by Crippen LogP contribution is 2.23. The first-order valence-electron chi connectivity index (χ1n) is 10.2. The van der Waals surface area contributed by atoms with Crippen LogP contribution in [0, 0.1) is 10.6 Å². The zero-order valence-electron chi connectivity index (χ0n) is 17.5. The van der Waals surface area contributed by atoms with Crippen LogP contribution in [0.4, 0.5) is 4.39 Å². The molecule has 170 valence electrons. The molecule has 1 fully saturated rings. The van der Waals surface area contributed by atoms with Gasteiger partial charge >= 0.3 is 0 Å². The maximum absolute atomic E-state index is 14.0. The van der Waals surface area contributed by atoms with Crippen molar-refractivity contribution in [1.82, 2.24) is 23.6 Å². The Bertz CT molecular complexity index is 1270. The molecule has 0 bridgehead atoms. The molecular formula is C21H23ClFN5O2S2. The highest BCUT2D eigenvalue weighted by molar-refractivity contribution is 7.89. The monoisotopic (exact) mass is 495 g/mol. The Balaban J connectivity index is 1.48. The molecular weight excluding hydrogens is 473 g/mol. The molecule has 0 unspecified atom stereocenters. The lowest BCUT2D eigenvalue weighted by Gasteiger charge is -2.33. The van der Waals surface area contributed by atoms with Crippen LogP contribution >= 0.6 is 23.8 Å². The standard InChI is InChI=1S/C21H23ClFN5O2S2/c1-2-27-20(16-7-9-17(22)10-8-16)24-28(21(27)31)15-25-11-13-26(14-12-25)32(29,30)19-6-4-3-5-18(19)23/h3-10H,2,11-15H2,1H3. The van der Waals surface area contributed by atoms with Gasteiger partial charge in [-0.2, -0.15) is 9.40 Å². The lowest BCUT2D eigenvalue weighted by Crippen LogP contribution is -2.49. The van der Waals surface area contributed by atoms with Crippen molar-refractivity contribution in [2.24, 2.45) is 0 Å². The molecule has 11 heteroatoms. The predicted molar refractivity (Wildman–Crippen MR) is 124 cm³/mol. The van der Waals surface area contributed by atoms with Crippen LogP contribution in [-0.2, 0) is 23.2 Å². The summed E-state index contributed by atoms with van der Waals surface area (Å²) in [7, 11) is -3.87. The molecule has 0 N–H and O–H groups in total. The third-order valence-electron chi connectivity index (χ3n) is 5.46. The van der Waals surface area contributed by atoms with Crippen molar-refractivity contribution in [3.8, 4) is 11.4 Å². The van der Waals surface area contributed by atoms with Gasteiger partial charge < -0.3 is 4.57 Å². The molecule has 4 rings (SSSR count). The zero-order chi connectivity index (χ0) is 22.9. The molecule has 0 aliphatic carbocycles. The van der Waals surface area contributed by atoms with Gasteiger partial charge in [-0.15, -0.1) is 0 Å². The lowest BCUT2D eigenvalue weighted by molar-refractivity contribution is 0.144. The molecule has 3 aromatic rings. The summed E-state index contributed by atoms with van der Waals surface area (Å²) in [6.45, 7) is 4.64. The molecule has 0 amide bonds. The number of nitrogens with zero attached hydrogens (tertiary/aromatic N) is 5. The van der Waals surface area contributed by atoms with Gasteiger partial charge in [-0.3, -0.25) is 4.90 Å². The number of piperazine rings is 1. The summed E-state index contributed by atoms with van der Waals surface area (Å²) in [4.78, 5) is 1.80. The van der Waals surface area contributed by atoms with Crippen LogP contribution in [0.3, 0.4) is 0 Å². The van der Waals surface area contributed by atoms with E-state index in [-0.39, 0.29) is 18.0 Å². The maximum Gasteiger partial charge on any atom is 0.246 e. The number of aromatic nitrogens is 3. The largest absolute Gasteiger partial charge is 0.300 e. The van der Waals surface area contributed by atoms with E-state index in [1.807, 2.05) is 35.8 Å². The summed E-state index contributed by atoms with van der Waals surface area (Å²) >= 11 is 11.6. The molecule has 1 aliphatic heterocycles. The normalized spacial score (nSPS) is 15.8. The van der Waals surface area contributed by atoms with Crippen molar-refractivity contribution in [3.05, 3.63) is 64.1 Å². The predicted octanol–water partition coefficient (Wildman–Crippen LogP) is 3.86. The molecule has 0 saturated carbocycles. The van der Waals surface area contributed by atoms with Gasteiger partial charge in [0.25, 0.3) is 0 Å². The van der Waals surface area contributed by atoms with Crippen molar-refractivity contribution in [2.45, 2.75) is 25.0 Å². The Hall–Kier alpha value is -2.11. The highest BCUT2D eigenvalue weighted by Gasteiger charge is 2.30. The van der Waals surface area contributed by atoms with E-state index in [9.17, 15) is 12.8 Å². The summed E-state index contributed by atoms with van der Waals surface area (Å²) in [5.74, 6) is 0.0241. The SMILES string of the molecule is CCn1c(-c2ccc(Cl)cc2)nn(CN2CCN(S(=O)(=O)c3ccccc3F)CC2)c1=S. The van der Waals surface area contributed by atoms with Crippen molar-refractivity contribution < 1.29 is 12.8 Å². The van der Waals surface area contributed by atoms with Crippen molar-refractivity contribution in [2.75, 3.05) is 26.2 Å². The number of sulfonamides is 1. The van der Waals surface area contributed by atoms with E-state index in [1.54, 1.807) is 4.68 Å². The van der Waals surface area contributed by atoms with E-state index in [0.717, 1.165) is 17.5 Å². The first-order valence-corrected chi connectivity index (χ1v) is 12.4. The van der Waals surface area contributed by atoms with Gasteiger partial charge in [0.1, 0.15) is 10.7 Å². The van der Waals surface area contributed by atoms with E-state index < -0.39 is 15.8 Å². The van der Waals surface area contributed by atoms with Crippen LogP contribution in [0.25, 0.3) is 11.4 Å². The van der Waals surface area contributed by atoms with E-state index in [0.29, 0.717) is 36.1 Å². The van der Waals surface area contributed by atoms with Gasteiger partial charge in [0.05, 0.1) is 6.67 Å². The van der Waals surface area contributed by atoms with Crippen LogP contribution in [0.2, 0.25) is 5.02 Å². The van der Waals surface area contributed by atoms with Gasteiger partial charge in [0.15, 0.2) is 10.6 Å². The van der Waals surface area contributed by atoms with E-state index in [1.165, 1.54) is 22.5 Å². The second kappa shape index (κ2) is 9.40. The fourth-order valence-electron chi connectivity index (χ4n) is 3.72. The topological polar surface area (TPSA) is 63.4 Å². The Morgan fingerprint density at radius 2 is 1.72 bits per heavy atom. The summed E-state index contributed by atoms with van der Waals surface area (Å²) < 4.78 is 45.3. The van der Waals surface area contributed by atoms with E-state index in [4.69, 9.17) is 28.9 Å². The highest BCUT2D eigenvalue weighted by atomic mass is 35.5. The summed E-state index contributed by atoms with van der Waals surface area (Å²) in [6.07, 6.45) is 0. The van der Waals surface area contributed by atoms with Gasteiger partial charge in [-0.1, -0.05) is 23.7 Å². The van der Waals surface area contributed by atoms with Crippen LogP contribution in [0.1, 0.15) is 6.92 Å². The lowest BCUT2D eigenvalue weighted by atomic mass is 10.2. The summed E-state index contributed by atoms with van der Waals surface area (Å²) in [5, 5.41) is 5.36. The van der Waals surface area contributed by atoms with Crippen LogP contribution in [0.5, 0.6) is 0 Å². The van der Waals surface area contributed by atoms with E-state index >= 15 is 0 Å². The quantitative estimate of drug-likeness (QED) is 0.486. The summed E-state index contributed by atoms with van der Waals surface area (Å²) in [5.41, 5.74) is 0.918. The number of hydrogen-bond acceptors (Lipinski definition) is 5. The average Bonchev–Trinajstić information content (AvgIpc) is 3.10. The molecule has 0 atom stereocenters. The second-order valence-electron chi connectivity index (χ2n) is 7.45. The third kappa shape index (κ3) is 4.51. The first-order chi connectivity index (χ1) is 15.3. The molecule has 7 nitrogen and oxygen atoms in total. The van der Waals surface area contributed by atoms with Gasteiger partial charge in [0.2, 0.25) is 10.0 Å². The fraction of sp³-hybridized carbons (Fsp3) is 0.333. The smallest absolute Gasteiger partial charge is 0.246 e. The molecule has 0 spiro atoms. The molecule has 2 aromatic carbocycles. The number of rotatable bonds is 6. The van der Waals surface area contributed by atoms with Crippen molar-refractivity contribution in [3.63, 3.8) is 0 Å². The number of halogens is 2. The number of benzene rings is 2. The fourth-order valence-corrected chi connectivity index (χ4v) is 5.65. The first kappa shape index (κ1) is 23.1. The Morgan fingerprint density at radius 1 is 1.06 bits per heavy atom. The second-order valence-corrected chi connectivity index (χ2v) is 10.2. The molecule has 1 aromatic heterocycles. The molecule has 1 saturated heterocycles. The Morgan fingerprint density at radius 3 is 2.34 bits per heavy atom. The molecule has 0 radical (unpaired) electrons. The van der Waals surface area contributed by atoms with Crippen LogP contribution < -0.4 is 0 Å². The minimum Gasteiger partial charge on any atom is -0.300 e. The van der Waals surface area contributed by atoms with Crippen LogP contribution in [0.15, 0.2) is 53.4 Å². The van der Waals surface area contributed by atoms with Crippen LogP contribution in [-0.4, -0.2) is 58.1 Å². The van der Waals surface area contributed by atoms with Gasteiger partial charge in [0, 0.05) is 43.3 Å². The molecule has 1 aliphatic rings. The van der Waals surface area contributed by atoms with E-state index in [2.05, 4.69) is 4.90 Å². The van der Waals surface area contributed by atoms with Gasteiger partial charge in [-0.05, 0) is 55.5 Å². The molecule has 32 heavy (non-hydrogen) atoms. The number of hydrogen-bond donors (Lipinski definition) is 0. The van der Waals surface area contributed by atoms with Crippen molar-refractivity contribution >= 4 is 33.8 Å². The minimum atomic E-state index is -3.87. The Kier molecular flexibility index (Phi) is 6.78. The van der Waals surface area contributed by atoms with Crippen molar-refractivity contribution in [1.29, 1.82) is 0 Å². The maximum atomic E-state index is 14.0. The minimum absolute atomic E-state index is 0.266. The summed E-state index contributed by atoms with van der Waals surface area (Å²) in [6, 6.07) is 12.9. The average molecular weight is 496 g/mol. The molecule has 2 heterocycles. The Labute approximate surface area is 196 Å². The zero-order valence-corrected chi connectivity index (χ0v) is 19.9. The third-order valence-corrected chi connectivity index (χ3v) is 8.08.